The number of amidine groups is 1. The van der Waals surface area contributed by atoms with Crippen LogP contribution < -0.4 is 5.73 Å². The molecule has 1 aliphatic rings. The molecule has 7 nitrogen and oxygen atoms in total. The molecule has 92 valence electrons. The summed E-state index contributed by atoms with van der Waals surface area (Å²) in [5.74, 6) is -0.918. The fraction of sp³-hybridized carbons (Fsp3) is 0.750. The van der Waals surface area contributed by atoms with Gasteiger partial charge in [0.2, 0.25) is 5.91 Å². The number of sulfone groups is 1. The summed E-state index contributed by atoms with van der Waals surface area (Å²) >= 11 is 0. The Morgan fingerprint density at radius 2 is 2.25 bits per heavy atom. The molecule has 0 aromatic rings. The highest BCUT2D eigenvalue weighted by molar-refractivity contribution is 7.91. The lowest BCUT2D eigenvalue weighted by molar-refractivity contribution is -0.132. The highest BCUT2D eigenvalue weighted by atomic mass is 32.2. The van der Waals surface area contributed by atoms with Crippen LogP contribution in [0.4, 0.5) is 0 Å². The highest BCUT2D eigenvalue weighted by Gasteiger charge is 2.34. The predicted molar refractivity (Wildman–Crippen MR) is 57.8 cm³/mol. The van der Waals surface area contributed by atoms with Gasteiger partial charge >= 0.3 is 0 Å². The second-order valence-electron chi connectivity index (χ2n) is 3.89. The molecular formula is C8H15N3O4S. The van der Waals surface area contributed by atoms with Crippen molar-refractivity contribution in [3.05, 3.63) is 0 Å². The number of hydrogen-bond donors (Lipinski definition) is 2. The Labute approximate surface area is 93.8 Å². The van der Waals surface area contributed by atoms with Gasteiger partial charge in [-0.05, 0) is 6.42 Å². The van der Waals surface area contributed by atoms with Crippen LogP contribution in [0.3, 0.4) is 0 Å². The van der Waals surface area contributed by atoms with E-state index in [9.17, 15) is 13.2 Å². The Morgan fingerprint density at radius 3 is 2.69 bits per heavy atom. The van der Waals surface area contributed by atoms with Crippen molar-refractivity contribution in [3.63, 3.8) is 0 Å². The van der Waals surface area contributed by atoms with Crippen LogP contribution in [-0.4, -0.2) is 55.4 Å². The molecule has 0 aromatic carbocycles. The summed E-state index contributed by atoms with van der Waals surface area (Å²) in [5, 5.41) is 11.1. The summed E-state index contributed by atoms with van der Waals surface area (Å²) < 4.78 is 22.4. The third-order valence-electron chi connectivity index (χ3n) is 2.49. The van der Waals surface area contributed by atoms with Gasteiger partial charge in [0.1, 0.15) is 0 Å². The summed E-state index contributed by atoms with van der Waals surface area (Å²) in [6.45, 7) is -0.00805. The third kappa shape index (κ3) is 3.09. The lowest BCUT2D eigenvalue weighted by Crippen LogP contribution is -2.39. The molecule has 0 saturated carbocycles. The lowest BCUT2D eigenvalue weighted by atomic mass is 10.1. The smallest absolute Gasteiger partial charge is 0.226 e. The predicted octanol–water partition coefficient (Wildman–Crippen LogP) is -1.37. The third-order valence-corrected chi connectivity index (χ3v) is 4.25. The second-order valence-corrected chi connectivity index (χ2v) is 6.11. The van der Waals surface area contributed by atoms with E-state index < -0.39 is 15.8 Å². The van der Waals surface area contributed by atoms with E-state index >= 15 is 0 Å². The standard InChI is InChI=1S/C8H15N3O4S/c1-11(4-7(9)10-13)8(12)6-2-3-16(14,15)5-6/h6,13H,2-5H2,1H3,(H2,9,10). The van der Waals surface area contributed by atoms with E-state index in [0.29, 0.717) is 6.42 Å². The molecule has 1 aliphatic heterocycles. The first-order chi connectivity index (χ1) is 7.35. The van der Waals surface area contributed by atoms with Crippen LogP contribution in [0.2, 0.25) is 0 Å². The van der Waals surface area contributed by atoms with E-state index in [1.54, 1.807) is 0 Å². The molecule has 0 radical (unpaired) electrons. The molecular weight excluding hydrogens is 234 g/mol. The SMILES string of the molecule is CN(CC(N)=NO)C(=O)C1CCS(=O)(=O)C1. The minimum atomic E-state index is -3.07. The first-order valence-corrected chi connectivity index (χ1v) is 6.59. The molecule has 1 atom stereocenters. The maximum absolute atomic E-state index is 11.8. The Kier molecular flexibility index (Phi) is 3.74. The summed E-state index contributed by atoms with van der Waals surface area (Å²) in [6.07, 6.45) is 0.349. The van der Waals surface area contributed by atoms with Gasteiger partial charge in [-0.15, -0.1) is 0 Å². The molecule has 1 fully saturated rings. The average Bonchev–Trinajstić information content (AvgIpc) is 2.57. The lowest BCUT2D eigenvalue weighted by Gasteiger charge is -2.19. The molecule has 0 bridgehead atoms. The van der Waals surface area contributed by atoms with Gasteiger partial charge in [0.25, 0.3) is 0 Å². The zero-order chi connectivity index (χ0) is 12.3. The molecule has 1 saturated heterocycles. The number of nitrogens with two attached hydrogens (primary N) is 1. The maximum atomic E-state index is 11.8. The molecule has 1 heterocycles. The minimum absolute atomic E-state index is 0.00805. The first kappa shape index (κ1) is 12.8. The first-order valence-electron chi connectivity index (χ1n) is 4.77. The molecule has 16 heavy (non-hydrogen) atoms. The number of oxime groups is 1. The van der Waals surface area contributed by atoms with Crippen LogP contribution >= 0.6 is 0 Å². The average molecular weight is 249 g/mol. The number of rotatable bonds is 3. The monoisotopic (exact) mass is 249 g/mol. The molecule has 3 N–H and O–H groups in total. The summed E-state index contributed by atoms with van der Waals surface area (Å²) in [7, 11) is -1.58. The largest absolute Gasteiger partial charge is 0.409 e. The zero-order valence-electron chi connectivity index (χ0n) is 8.96. The van der Waals surface area contributed by atoms with Crippen LogP contribution in [0.5, 0.6) is 0 Å². The van der Waals surface area contributed by atoms with Crippen molar-refractivity contribution in [1.29, 1.82) is 0 Å². The van der Waals surface area contributed by atoms with Gasteiger partial charge in [-0.25, -0.2) is 8.42 Å². The van der Waals surface area contributed by atoms with Gasteiger partial charge in [0, 0.05) is 7.05 Å². The fourth-order valence-corrected chi connectivity index (χ4v) is 3.39. The molecule has 1 unspecified atom stereocenters. The van der Waals surface area contributed by atoms with Crippen molar-refractivity contribution in [2.24, 2.45) is 16.8 Å². The van der Waals surface area contributed by atoms with Crippen molar-refractivity contribution in [1.82, 2.24) is 4.90 Å². The van der Waals surface area contributed by atoms with Gasteiger partial charge in [-0.3, -0.25) is 4.79 Å². The van der Waals surface area contributed by atoms with Crippen molar-refractivity contribution < 1.29 is 18.4 Å². The van der Waals surface area contributed by atoms with E-state index in [1.165, 1.54) is 11.9 Å². The number of hydrogen-bond acceptors (Lipinski definition) is 5. The van der Waals surface area contributed by atoms with Gasteiger partial charge in [-0.2, -0.15) is 0 Å². The molecule has 0 aliphatic carbocycles. The Balaban J connectivity index is 2.59. The van der Waals surface area contributed by atoms with Crippen molar-refractivity contribution in [2.45, 2.75) is 6.42 Å². The number of likely N-dealkylation sites (N-methyl/N-ethyl adjacent to an activating group) is 1. The van der Waals surface area contributed by atoms with Crippen molar-refractivity contribution in [3.8, 4) is 0 Å². The van der Waals surface area contributed by atoms with E-state index in [4.69, 9.17) is 10.9 Å². The van der Waals surface area contributed by atoms with Gasteiger partial charge < -0.3 is 15.8 Å². The summed E-state index contributed by atoms with van der Waals surface area (Å²) in [6, 6.07) is 0. The van der Waals surface area contributed by atoms with Crippen molar-refractivity contribution >= 4 is 21.6 Å². The Hall–Kier alpha value is -1.31. The molecule has 0 aromatic heterocycles. The number of amides is 1. The highest BCUT2D eigenvalue weighted by Crippen LogP contribution is 2.20. The maximum Gasteiger partial charge on any atom is 0.226 e. The van der Waals surface area contributed by atoms with Gasteiger partial charge in [0.15, 0.2) is 15.7 Å². The van der Waals surface area contributed by atoms with Crippen LogP contribution in [0, 0.1) is 5.92 Å². The normalized spacial score (nSPS) is 24.3. The number of nitrogens with zero attached hydrogens (tertiary/aromatic N) is 2. The molecule has 1 rings (SSSR count). The Morgan fingerprint density at radius 1 is 1.62 bits per heavy atom. The molecule has 0 spiro atoms. The van der Waals surface area contributed by atoms with Crippen LogP contribution in [0.1, 0.15) is 6.42 Å². The zero-order valence-corrected chi connectivity index (χ0v) is 9.77. The second kappa shape index (κ2) is 4.69. The van der Waals surface area contributed by atoms with Crippen LogP contribution in [0.25, 0.3) is 0 Å². The van der Waals surface area contributed by atoms with Crippen LogP contribution in [0.15, 0.2) is 5.16 Å². The number of carbonyl (C=O) groups excluding carboxylic acids is 1. The summed E-state index contributed by atoms with van der Waals surface area (Å²) in [4.78, 5) is 13.0. The minimum Gasteiger partial charge on any atom is -0.409 e. The molecule has 1 amide bonds. The van der Waals surface area contributed by atoms with E-state index in [2.05, 4.69) is 5.16 Å². The Bertz CT molecular complexity index is 404. The van der Waals surface area contributed by atoms with E-state index in [0.717, 1.165) is 0 Å². The fourth-order valence-electron chi connectivity index (χ4n) is 1.65. The topological polar surface area (TPSA) is 113 Å². The summed E-state index contributed by atoms with van der Waals surface area (Å²) in [5.41, 5.74) is 5.25. The van der Waals surface area contributed by atoms with E-state index in [1.807, 2.05) is 0 Å². The quantitative estimate of drug-likeness (QED) is 0.277. The molecule has 8 heteroatoms. The van der Waals surface area contributed by atoms with Crippen LogP contribution in [-0.2, 0) is 14.6 Å². The van der Waals surface area contributed by atoms with E-state index in [-0.39, 0.29) is 29.8 Å². The van der Waals surface area contributed by atoms with Crippen molar-refractivity contribution in [2.75, 3.05) is 25.1 Å². The van der Waals surface area contributed by atoms with Gasteiger partial charge in [-0.1, -0.05) is 5.16 Å². The number of carbonyl (C=O) groups is 1. The van der Waals surface area contributed by atoms with Gasteiger partial charge in [0.05, 0.1) is 24.0 Å².